The van der Waals surface area contributed by atoms with E-state index in [1.807, 2.05) is 11.6 Å². The Morgan fingerprint density at radius 1 is 1.36 bits per heavy atom. The van der Waals surface area contributed by atoms with Crippen LogP contribution in [0.5, 0.6) is 0 Å². The van der Waals surface area contributed by atoms with Gasteiger partial charge in [0.05, 0.1) is 10.9 Å². The zero-order chi connectivity index (χ0) is 16.3. The van der Waals surface area contributed by atoms with E-state index in [9.17, 15) is 8.42 Å². The topological polar surface area (TPSA) is 64.0 Å². The summed E-state index contributed by atoms with van der Waals surface area (Å²) in [5.41, 5.74) is 2.22. The summed E-state index contributed by atoms with van der Waals surface area (Å²) in [5, 5.41) is 7.78. The fraction of sp³-hybridized carbons (Fsp3) is 0.812. The highest BCUT2D eigenvalue weighted by Gasteiger charge is 2.32. The van der Waals surface area contributed by atoms with Gasteiger partial charge in [-0.15, -0.1) is 0 Å². The van der Waals surface area contributed by atoms with Crippen molar-refractivity contribution in [1.82, 2.24) is 15.1 Å². The molecule has 0 spiro atoms. The first-order chi connectivity index (χ1) is 10.3. The van der Waals surface area contributed by atoms with E-state index in [-0.39, 0.29) is 11.3 Å². The second-order valence-electron chi connectivity index (χ2n) is 6.88. The van der Waals surface area contributed by atoms with E-state index in [0.717, 1.165) is 44.5 Å². The van der Waals surface area contributed by atoms with Crippen molar-refractivity contribution in [1.29, 1.82) is 0 Å². The molecule has 0 aromatic carbocycles. The summed E-state index contributed by atoms with van der Waals surface area (Å²) in [6.07, 6.45) is 5.27. The van der Waals surface area contributed by atoms with Crippen LogP contribution in [0.2, 0.25) is 0 Å². The van der Waals surface area contributed by atoms with Gasteiger partial charge in [-0.05, 0) is 45.2 Å². The molecule has 6 heteroatoms. The monoisotopic (exact) mass is 327 g/mol. The number of rotatable bonds is 6. The molecule has 1 aromatic heterocycles. The molecule has 0 amide bonds. The molecular weight excluding hydrogens is 298 g/mol. The number of nitrogens with zero attached hydrogens (tertiary/aromatic N) is 2. The van der Waals surface area contributed by atoms with Crippen molar-refractivity contribution in [3.63, 3.8) is 0 Å². The first kappa shape index (κ1) is 17.5. The van der Waals surface area contributed by atoms with Gasteiger partial charge in [0.2, 0.25) is 0 Å². The largest absolute Gasteiger partial charge is 0.312 e. The fourth-order valence-electron chi connectivity index (χ4n) is 3.41. The Morgan fingerprint density at radius 2 is 2.05 bits per heavy atom. The Labute approximate surface area is 134 Å². The minimum atomic E-state index is -2.97. The zero-order valence-electron chi connectivity index (χ0n) is 14.2. The van der Waals surface area contributed by atoms with Gasteiger partial charge in [-0.3, -0.25) is 4.68 Å². The molecule has 1 aliphatic rings. The molecule has 0 bridgehead atoms. The lowest BCUT2D eigenvalue weighted by molar-refractivity contribution is 0.334. The molecule has 2 rings (SSSR count). The molecule has 22 heavy (non-hydrogen) atoms. The molecule has 1 aliphatic carbocycles. The van der Waals surface area contributed by atoms with Gasteiger partial charge in [0.25, 0.3) is 0 Å². The first-order valence-corrected chi connectivity index (χ1v) is 10.2. The van der Waals surface area contributed by atoms with Crippen LogP contribution in [-0.2, 0) is 16.4 Å². The van der Waals surface area contributed by atoms with Crippen LogP contribution in [0.3, 0.4) is 0 Å². The third-order valence-corrected chi connectivity index (χ3v) is 6.23. The van der Waals surface area contributed by atoms with Gasteiger partial charge in [-0.25, -0.2) is 8.42 Å². The van der Waals surface area contributed by atoms with E-state index in [2.05, 4.69) is 30.3 Å². The molecule has 0 aliphatic heterocycles. The Bertz CT molecular complexity index is 595. The summed E-state index contributed by atoms with van der Waals surface area (Å²) in [6.45, 7) is 7.95. The second-order valence-corrected chi connectivity index (χ2v) is 9.15. The molecular formula is C16H29N3O2S. The van der Waals surface area contributed by atoms with Crippen molar-refractivity contribution in [3.05, 3.63) is 17.5 Å². The van der Waals surface area contributed by atoms with E-state index in [1.165, 1.54) is 11.9 Å². The molecule has 0 radical (unpaired) electrons. The van der Waals surface area contributed by atoms with Crippen LogP contribution >= 0.6 is 0 Å². The summed E-state index contributed by atoms with van der Waals surface area (Å²) in [5.74, 6) is 0.417. The maximum Gasteiger partial charge on any atom is 0.151 e. The third-order valence-electron chi connectivity index (χ3n) is 4.57. The number of sulfone groups is 1. The van der Waals surface area contributed by atoms with Gasteiger partial charge in [-0.1, -0.05) is 19.8 Å². The SMILES string of the molecule is Cc1cc(C)n(C[C@H](C)CN[C@H]2CCCC[C@H]2S(C)(=O)=O)n1. The fourth-order valence-corrected chi connectivity index (χ4v) is 4.84. The van der Waals surface area contributed by atoms with E-state index in [1.54, 1.807) is 0 Å². The number of aromatic nitrogens is 2. The van der Waals surface area contributed by atoms with Crippen LogP contribution in [0.4, 0.5) is 0 Å². The molecule has 3 atom stereocenters. The van der Waals surface area contributed by atoms with E-state index < -0.39 is 9.84 Å². The summed E-state index contributed by atoms with van der Waals surface area (Å²) < 4.78 is 25.9. The number of hydrogen-bond donors (Lipinski definition) is 1. The number of hydrogen-bond acceptors (Lipinski definition) is 4. The smallest absolute Gasteiger partial charge is 0.151 e. The van der Waals surface area contributed by atoms with Crippen LogP contribution in [0.15, 0.2) is 6.07 Å². The first-order valence-electron chi connectivity index (χ1n) is 8.20. The highest BCUT2D eigenvalue weighted by atomic mass is 32.2. The molecule has 126 valence electrons. The van der Waals surface area contributed by atoms with Crippen molar-refractivity contribution in [2.45, 2.75) is 64.3 Å². The predicted molar refractivity (Wildman–Crippen MR) is 89.8 cm³/mol. The second kappa shape index (κ2) is 7.13. The molecule has 0 unspecified atom stereocenters. The molecule has 5 nitrogen and oxygen atoms in total. The van der Waals surface area contributed by atoms with E-state index in [0.29, 0.717) is 5.92 Å². The molecule has 1 heterocycles. The lowest BCUT2D eigenvalue weighted by Gasteiger charge is -2.32. The van der Waals surface area contributed by atoms with E-state index in [4.69, 9.17) is 0 Å². The maximum atomic E-state index is 11.9. The summed E-state index contributed by atoms with van der Waals surface area (Å²) >= 11 is 0. The van der Waals surface area contributed by atoms with Crippen LogP contribution in [0.1, 0.15) is 44.0 Å². The third kappa shape index (κ3) is 4.56. The number of nitrogens with one attached hydrogen (secondary N) is 1. The van der Waals surface area contributed by atoms with Gasteiger partial charge in [0.1, 0.15) is 0 Å². The average molecular weight is 327 g/mol. The van der Waals surface area contributed by atoms with Gasteiger partial charge < -0.3 is 5.32 Å². The molecule has 1 saturated carbocycles. The Morgan fingerprint density at radius 3 is 2.64 bits per heavy atom. The van der Waals surface area contributed by atoms with Gasteiger partial charge in [0.15, 0.2) is 9.84 Å². The van der Waals surface area contributed by atoms with E-state index >= 15 is 0 Å². The Kier molecular flexibility index (Phi) is 5.66. The maximum absolute atomic E-state index is 11.9. The van der Waals surface area contributed by atoms with Crippen molar-refractivity contribution in [2.75, 3.05) is 12.8 Å². The van der Waals surface area contributed by atoms with Crippen LogP contribution < -0.4 is 5.32 Å². The average Bonchev–Trinajstić information content (AvgIpc) is 2.74. The molecule has 1 fully saturated rings. The summed E-state index contributed by atoms with van der Waals surface area (Å²) in [4.78, 5) is 0. The lowest BCUT2D eigenvalue weighted by Crippen LogP contribution is -2.47. The quantitative estimate of drug-likeness (QED) is 0.869. The van der Waals surface area contributed by atoms with Crippen LogP contribution in [0.25, 0.3) is 0 Å². The Hall–Kier alpha value is -0.880. The van der Waals surface area contributed by atoms with Gasteiger partial charge in [0, 0.05) is 24.5 Å². The van der Waals surface area contributed by atoms with Crippen molar-refractivity contribution >= 4 is 9.84 Å². The predicted octanol–water partition coefficient (Wildman–Crippen LogP) is 2.08. The van der Waals surface area contributed by atoms with Crippen molar-refractivity contribution < 1.29 is 8.42 Å². The van der Waals surface area contributed by atoms with Gasteiger partial charge >= 0.3 is 0 Å². The number of aryl methyl sites for hydroxylation is 2. The highest BCUT2D eigenvalue weighted by Crippen LogP contribution is 2.24. The van der Waals surface area contributed by atoms with Crippen LogP contribution in [0, 0.1) is 19.8 Å². The minimum Gasteiger partial charge on any atom is -0.312 e. The van der Waals surface area contributed by atoms with Crippen molar-refractivity contribution in [3.8, 4) is 0 Å². The van der Waals surface area contributed by atoms with Crippen molar-refractivity contribution in [2.24, 2.45) is 5.92 Å². The minimum absolute atomic E-state index is 0.103. The normalized spacial score (nSPS) is 24.4. The summed E-state index contributed by atoms with van der Waals surface area (Å²) in [7, 11) is -2.97. The van der Waals surface area contributed by atoms with Gasteiger partial charge in [-0.2, -0.15) is 5.10 Å². The summed E-state index contributed by atoms with van der Waals surface area (Å²) in [6, 6.07) is 2.19. The lowest BCUT2D eigenvalue weighted by atomic mass is 9.94. The zero-order valence-corrected chi connectivity index (χ0v) is 15.0. The standard InChI is InChI=1S/C16H29N3O2S/c1-12(11-19-14(3)9-13(2)18-19)10-17-15-7-5-6-8-16(15)22(4,20)21/h9,12,15-17H,5-8,10-11H2,1-4H3/t12-,15+,16-/m1/s1. The molecule has 1 N–H and O–H groups in total. The highest BCUT2D eigenvalue weighted by molar-refractivity contribution is 7.91. The van der Waals surface area contributed by atoms with Crippen LogP contribution in [-0.4, -0.2) is 42.3 Å². The molecule has 0 saturated heterocycles. The molecule has 1 aromatic rings. The Balaban J connectivity index is 1.89.